The van der Waals surface area contributed by atoms with E-state index in [9.17, 15) is 4.39 Å². The number of fused-ring (bicyclic) bond motifs is 2. The lowest BCUT2D eigenvalue weighted by Crippen LogP contribution is -2.07. The third-order valence-electron chi connectivity index (χ3n) is 3.97. The van der Waals surface area contributed by atoms with Crippen LogP contribution in [0.3, 0.4) is 0 Å². The van der Waals surface area contributed by atoms with Crippen molar-refractivity contribution in [3.8, 4) is 0 Å². The number of rotatable bonds is 3. The van der Waals surface area contributed by atoms with Crippen LogP contribution in [0.4, 0.5) is 4.39 Å². The number of halogens is 1. The molecule has 0 saturated heterocycles. The van der Waals surface area contributed by atoms with Crippen molar-refractivity contribution in [3.63, 3.8) is 0 Å². The maximum Gasteiger partial charge on any atom is 0.179 e. The molecule has 0 spiro atoms. The number of hydrogen-bond acceptors (Lipinski definition) is 6. The molecule has 124 valence electrons. The molecule has 0 saturated carbocycles. The molecule has 0 atom stereocenters. The van der Waals surface area contributed by atoms with Gasteiger partial charge >= 0.3 is 0 Å². The summed E-state index contributed by atoms with van der Waals surface area (Å²) < 4.78 is 15.9. The summed E-state index contributed by atoms with van der Waals surface area (Å²) >= 11 is 0. The van der Waals surface area contributed by atoms with Crippen LogP contribution < -0.4 is 0 Å². The highest BCUT2D eigenvalue weighted by atomic mass is 19.1. The van der Waals surface area contributed by atoms with E-state index in [0.29, 0.717) is 33.6 Å². The van der Waals surface area contributed by atoms with Crippen LogP contribution in [-0.4, -0.2) is 35.9 Å². The third-order valence-corrected chi connectivity index (χ3v) is 3.97. The molecule has 0 bridgehead atoms. The van der Waals surface area contributed by atoms with Gasteiger partial charge in [0.2, 0.25) is 0 Å². The van der Waals surface area contributed by atoms with Crippen molar-refractivity contribution in [2.45, 2.75) is 13.5 Å². The average molecular weight is 336 g/mol. The first-order valence-electron chi connectivity index (χ1n) is 7.58. The normalized spacial score (nSPS) is 12.2. The Morgan fingerprint density at radius 1 is 1.24 bits per heavy atom. The Kier molecular flexibility index (Phi) is 3.57. The molecule has 4 rings (SSSR count). The fourth-order valence-electron chi connectivity index (χ4n) is 2.64. The fourth-order valence-corrected chi connectivity index (χ4v) is 2.64. The van der Waals surface area contributed by atoms with Gasteiger partial charge in [0.05, 0.1) is 17.8 Å². The second-order valence-electron chi connectivity index (χ2n) is 5.61. The molecule has 0 radical (unpaired) electrons. The molecular formula is C17H13FN6O. The second kappa shape index (κ2) is 5.90. The van der Waals surface area contributed by atoms with Gasteiger partial charge < -0.3 is 5.21 Å². The SMILES string of the molecule is C/C(=N/O)c1ccc2nnn(Cc3cc4cccnc4cc3F)c2n1. The van der Waals surface area contributed by atoms with Crippen molar-refractivity contribution in [1.82, 2.24) is 25.0 Å². The first-order valence-corrected chi connectivity index (χ1v) is 7.58. The Bertz CT molecular complexity index is 1120. The van der Waals surface area contributed by atoms with E-state index < -0.39 is 0 Å². The summed E-state index contributed by atoms with van der Waals surface area (Å²) in [5.41, 5.74) is 3.01. The lowest BCUT2D eigenvalue weighted by molar-refractivity contribution is 0.319. The summed E-state index contributed by atoms with van der Waals surface area (Å²) in [4.78, 5) is 8.55. The van der Waals surface area contributed by atoms with Crippen LogP contribution in [0.1, 0.15) is 18.2 Å². The number of pyridine rings is 2. The maximum atomic E-state index is 14.4. The van der Waals surface area contributed by atoms with E-state index in [4.69, 9.17) is 5.21 Å². The number of nitrogens with zero attached hydrogens (tertiary/aromatic N) is 6. The Labute approximate surface area is 141 Å². The number of benzene rings is 1. The number of oxime groups is 1. The van der Waals surface area contributed by atoms with Gasteiger partial charge in [0.25, 0.3) is 0 Å². The molecule has 3 aromatic heterocycles. The molecule has 0 aliphatic heterocycles. The molecule has 1 aromatic carbocycles. The van der Waals surface area contributed by atoms with Crippen molar-refractivity contribution in [2.75, 3.05) is 0 Å². The van der Waals surface area contributed by atoms with Gasteiger partial charge in [-0.15, -0.1) is 5.10 Å². The fraction of sp³-hybridized carbons (Fsp3) is 0.118. The van der Waals surface area contributed by atoms with E-state index in [0.717, 1.165) is 5.39 Å². The monoisotopic (exact) mass is 336 g/mol. The molecule has 0 fully saturated rings. The van der Waals surface area contributed by atoms with Crippen molar-refractivity contribution in [1.29, 1.82) is 0 Å². The van der Waals surface area contributed by atoms with E-state index in [1.54, 1.807) is 37.4 Å². The Balaban J connectivity index is 1.79. The van der Waals surface area contributed by atoms with Gasteiger partial charge in [-0.3, -0.25) is 4.98 Å². The summed E-state index contributed by atoms with van der Waals surface area (Å²) in [6, 6.07) is 10.3. The number of aromatic nitrogens is 5. The Morgan fingerprint density at radius 2 is 2.12 bits per heavy atom. The molecule has 3 heterocycles. The van der Waals surface area contributed by atoms with E-state index >= 15 is 0 Å². The predicted molar refractivity (Wildman–Crippen MR) is 90.1 cm³/mol. The zero-order valence-electron chi connectivity index (χ0n) is 13.3. The first-order chi connectivity index (χ1) is 12.2. The minimum absolute atomic E-state index is 0.180. The molecule has 0 aliphatic rings. The van der Waals surface area contributed by atoms with E-state index in [1.807, 2.05) is 6.07 Å². The van der Waals surface area contributed by atoms with Gasteiger partial charge in [0.15, 0.2) is 5.65 Å². The molecule has 7 nitrogen and oxygen atoms in total. The maximum absolute atomic E-state index is 14.4. The molecule has 1 N–H and O–H groups in total. The van der Waals surface area contributed by atoms with Gasteiger partial charge in [-0.1, -0.05) is 16.4 Å². The summed E-state index contributed by atoms with van der Waals surface area (Å²) in [5, 5.41) is 21.0. The molecule has 25 heavy (non-hydrogen) atoms. The van der Waals surface area contributed by atoms with Gasteiger partial charge in [0.1, 0.15) is 17.0 Å². The standard InChI is InChI=1S/C17H13FN6O/c1-10(22-25)14-4-5-15-17(20-14)24(23-21-15)9-12-7-11-3-2-6-19-16(11)8-13(12)18/h2-8,25H,9H2,1H3/b22-10-. The summed E-state index contributed by atoms with van der Waals surface area (Å²) in [6.45, 7) is 1.82. The van der Waals surface area contributed by atoms with Gasteiger partial charge in [-0.05, 0) is 31.2 Å². The third kappa shape index (κ3) is 2.67. The lowest BCUT2D eigenvalue weighted by atomic mass is 10.1. The molecule has 0 unspecified atom stereocenters. The first kappa shape index (κ1) is 15.1. The highest BCUT2D eigenvalue weighted by Crippen LogP contribution is 2.19. The second-order valence-corrected chi connectivity index (χ2v) is 5.61. The lowest BCUT2D eigenvalue weighted by Gasteiger charge is -2.06. The average Bonchev–Trinajstić information content (AvgIpc) is 3.04. The van der Waals surface area contributed by atoms with E-state index in [2.05, 4.69) is 25.4 Å². The van der Waals surface area contributed by atoms with Crippen LogP contribution >= 0.6 is 0 Å². The van der Waals surface area contributed by atoms with Gasteiger partial charge in [-0.2, -0.15) is 0 Å². The highest BCUT2D eigenvalue weighted by Gasteiger charge is 2.12. The van der Waals surface area contributed by atoms with Crippen LogP contribution in [0.2, 0.25) is 0 Å². The zero-order chi connectivity index (χ0) is 17.4. The van der Waals surface area contributed by atoms with Crippen molar-refractivity contribution in [3.05, 3.63) is 59.7 Å². The smallest absolute Gasteiger partial charge is 0.179 e. The summed E-state index contributed by atoms with van der Waals surface area (Å²) in [7, 11) is 0. The topological polar surface area (TPSA) is 89.1 Å². The minimum atomic E-state index is -0.362. The summed E-state index contributed by atoms with van der Waals surface area (Å²) in [6.07, 6.45) is 1.63. The van der Waals surface area contributed by atoms with Crippen molar-refractivity contribution in [2.24, 2.45) is 5.16 Å². The molecule has 4 aromatic rings. The van der Waals surface area contributed by atoms with E-state index in [-0.39, 0.29) is 12.4 Å². The quantitative estimate of drug-likeness (QED) is 0.353. The van der Waals surface area contributed by atoms with Gasteiger partial charge in [-0.25, -0.2) is 14.1 Å². The minimum Gasteiger partial charge on any atom is -0.411 e. The molecular weight excluding hydrogens is 323 g/mol. The van der Waals surface area contributed by atoms with Crippen molar-refractivity contribution < 1.29 is 9.60 Å². The molecule has 8 heteroatoms. The largest absolute Gasteiger partial charge is 0.411 e. The summed E-state index contributed by atoms with van der Waals surface area (Å²) in [5.74, 6) is -0.362. The highest BCUT2D eigenvalue weighted by molar-refractivity contribution is 5.97. The van der Waals surface area contributed by atoms with E-state index in [1.165, 1.54) is 10.7 Å². The Hall–Kier alpha value is -3.42. The van der Waals surface area contributed by atoms with Crippen LogP contribution in [0.25, 0.3) is 22.1 Å². The predicted octanol–water partition coefficient (Wildman–Crippen LogP) is 2.76. The molecule has 0 amide bonds. The van der Waals surface area contributed by atoms with Gasteiger partial charge in [0, 0.05) is 23.2 Å². The van der Waals surface area contributed by atoms with Crippen LogP contribution in [-0.2, 0) is 6.54 Å². The number of hydrogen-bond donors (Lipinski definition) is 1. The van der Waals surface area contributed by atoms with Crippen LogP contribution in [0, 0.1) is 5.82 Å². The van der Waals surface area contributed by atoms with Crippen LogP contribution in [0.15, 0.2) is 47.8 Å². The zero-order valence-corrected chi connectivity index (χ0v) is 13.3. The molecule has 0 aliphatic carbocycles. The van der Waals surface area contributed by atoms with Crippen LogP contribution in [0.5, 0.6) is 0 Å². The van der Waals surface area contributed by atoms with Crippen molar-refractivity contribution >= 4 is 27.8 Å². The Morgan fingerprint density at radius 3 is 2.96 bits per heavy atom.